The molecule has 0 saturated carbocycles. The summed E-state index contributed by atoms with van der Waals surface area (Å²) in [5.74, 6) is -2.19. The number of carboxylic acids is 1. The van der Waals surface area contributed by atoms with Crippen molar-refractivity contribution >= 4 is 83.8 Å². The van der Waals surface area contributed by atoms with Crippen LogP contribution in [-0.4, -0.2) is 66.6 Å². The molecular formula is C15H14Br2N6O5S2. The monoisotopic (exact) mass is 580 g/mol. The molecule has 4 N–H and O–H groups in total. The lowest BCUT2D eigenvalue weighted by atomic mass is 10.0. The number of carbonyl (C=O) groups excluding carboxylic acids is 2. The zero-order chi connectivity index (χ0) is 22.0. The maximum Gasteiger partial charge on any atom is 0.352 e. The van der Waals surface area contributed by atoms with Crippen LogP contribution in [0.5, 0.6) is 0 Å². The molecule has 15 heteroatoms. The minimum atomic E-state index is -1.23. The minimum absolute atomic E-state index is 0.0240. The number of hydrogen-bond donors (Lipinski definition) is 3. The number of anilines is 1. The van der Waals surface area contributed by atoms with E-state index in [-0.39, 0.29) is 29.0 Å². The first-order chi connectivity index (χ1) is 14.2. The van der Waals surface area contributed by atoms with E-state index in [0.717, 1.165) is 16.4 Å². The zero-order valence-corrected chi connectivity index (χ0v) is 20.0. The molecule has 1 unspecified atom stereocenters. The summed E-state index contributed by atoms with van der Waals surface area (Å²) < 4.78 is 4.50. The van der Waals surface area contributed by atoms with Crippen molar-refractivity contribution in [2.75, 3.05) is 18.1 Å². The fourth-order valence-electron chi connectivity index (χ4n) is 2.74. The highest BCUT2D eigenvalue weighted by Gasteiger charge is 2.54. The van der Waals surface area contributed by atoms with Crippen molar-refractivity contribution in [3.63, 3.8) is 0 Å². The molecule has 0 aromatic carbocycles. The van der Waals surface area contributed by atoms with Gasteiger partial charge in [0.25, 0.3) is 11.8 Å². The van der Waals surface area contributed by atoms with Crippen LogP contribution < -0.4 is 11.1 Å². The molecule has 11 nitrogen and oxygen atoms in total. The number of aliphatic carboxylic acids is 1. The van der Waals surface area contributed by atoms with Crippen molar-refractivity contribution in [2.45, 2.75) is 18.3 Å². The number of oxime groups is 1. The third kappa shape index (κ3) is 4.53. The average Bonchev–Trinajstić information content (AvgIpc) is 3.11. The van der Waals surface area contributed by atoms with Crippen molar-refractivity contribution < 1.29 is 24.3 Å². The van der Waals surface area contributed by atoms with Crippen LogP contribution >= 0.6 is 55.2 Å². The van der Waals surface area contributed by atoms with Gasteiger partial charge in [0.2, 0.25) is 11.5 Å². The summed E-state index contributed by atoms with van der Waals surface area (Å²) in [6, 6.07) is -0.933. The van der Waals surface area contributed by atoms with E-state index in [1.54, 1.807) is 13.0 Å². The number of nitrogens with zero attached hydrogens (tertiary/aromatic N) is 4. The molecule has 2 amide bonds. The van der Waals surface area contributed by atoms with Crippen LogP contribution in [0.3, 0.4) is 0 Å². The van der Waals surface area contributed by atoms with E-state index in [9.17, 15) is 19.5 Å². The molecule has 0 aliphatic carbocycles. The molecule has 3 rings (SSSR count). The van der Waals surface area contributed by atoms with Gasteiger partial charge in [-0.05, 0) is 50.4 Å². The number of nitrogens with two attached hydrogens (primary N) is 1. The van der Waals surface area contributed by atoms with Gasteiger partial charge in [-0.15, -0.1) is 11.8 Å². The smallest absolute Gasteiger partial charge is 0.352 e. The van der Waals surface area contributed by atoms with Crippen LogP contribution in [0.25, 0.3) is 0 Å². The molecule has 0 bridgehead atoms. The van der Waals surface area contributed by atoms with Crippen LogP contribution in [0.15, 0.2) is 25.9 Å². The Hall–Kier alpha value is -1.97. The summed E-state index contributed by atoms with van der Waals surface area (Å²) in [7, 11) is 0. The topological polar surface area (TPSA) is 160 Å². The van der Waals surface area contributed by atoms with E-state index in [2.05, 4.69) is 51.7 Å². The van der Waals surface area contributed by atoms with Crippen LogP contribution in [-0.2, 0) is 19.2 Å². The van der Waals surface area contributed by atoms with E-state index in [4.69, 9.17) is 10.6 Å². The Balaban J connectivity index is 1.82. The number of carbonyl (C=O) groups is 3. The lowest BCUT2D eigenvalue weighted by Crippen LogP contribution is -2.71. The average molecular weight is 582 g/mol. The van der Waals surface area contributed by atoms with E-state index < -0.39 is 29.2 Å². The molecule has 1 aromatic heterocycles. The lowest BCUT2D eigenvalue weighted by molar-refractivity contribution is -0.150. The third-order valence-corrected chi connectivity index (χ3v) is 6.23. The van der Waals surface area contributed by atoms with Crippen molar-refractivity contribution in [1.29, 1.82) is 0 Å². The van der Waals surface area contributed by atoms with Crippen LogP contribution in [0, 0.1) is 0 Å². The normalized spacial score (nSPS) is 21.0. The largest absolute Gasteiger partial charge is 0.477 e. The molecule has 3 heterocycles. The number of halogens is 2. The van der Waals surface area contributed by atoms with E-state index >= 15 is 0 Å². The third-order valence-electron chi connectivity index (χ3n) is 3.92. The first-order valence-electron chi connectivity index (χ1n) is 8.28. The highest BCUT2D eigenvalue weighted by atomic mass is 79.9. The fourth-order valence-corrected chi connectivity index (χ4v) is 5.03. The number of amides is 2. The molecule has 1 fully saturated rings. The molecule has 2 aliphatic rings. The van der Waals surface area contributed by atoms with Crippen LogP contribution in [0.2, 0.25) is 0 Å². The number of nitrogens with one attached hydrogen (secondary N) is 1. The maximum atomic E-state index is 12.7. The molecule has 1 saturated heterocycles. The Morgan fingerprint density at radius 3 is 2.80 bits per heavy atom. The molecule has 30 heavy (non-hydrogen) atoms. The molecule has 0 radical (unpaired) electrons. The Bertz CT molecular complexity index is 990. The number of hydrogen-bond acceptors (Lipinski definition) is 10. The Kier molecular flexibility index (Phi) is 7.15. The highest BCUT2D eigenvalue weighted by Crippen LogP contribution is 2.41. The number of thioether (sulfide) groups is 1. The van der Waals surface area contributed by atoms with Gasteiger partial charge in [-0.25, -0.2) is 4.79 Å². The van der Waals surface area contributed by atoms with Crippen LogP contribution in [0.1, 0.15) is 12.7 Å². The van der Waals surface area contributed by atoms with Gasteiger partial charge >= 0.3 is 5.97 Å². The first kappa shape index (κ1) is 22.7. The minimum Gasteiger partial charge on any atom is -0.477 e. The number of β-lactam (4-membered cyclic amide) rings is 1. The summed E-state index contributed by atoms with van der Waals surface area (Å²) in [6.45, 7) is 1.89. The van der Waals surface area contributed by atoms with Crippen molar-refractivity contribution in [1.82, 2.24) is 19.6 Å². The quantitative estimate of drug-likeness (QED) is 0.244. The van der Waals surface area contributed by atoms with Gasteiger partial charge in [-0.1, -0.05) is 5.16 Å². The van der Waals surface area contributed by atoms with Crippen molar-refractivity contribution in [3.05, 3.63) is 26.6 Å². The van der Waals surface area contributed by atoms with Gasteiger partial charge in [-0.3, -0.25) is 14.5 Å². The standard InChI is InChI=1S/C15H14Br2N6O5S2/c1-2-28-21-7(10-20-15(18)30-22-10)11(24)19-8-12(25)23-9(14(26)27)5(3-6(16)17)4-29-13(8)23/h3,8,13H,2,4H2,1H3,(H,19,24)(H,26,27)(H2,18,20,22)/t8?,13-/m1/s1. The Morgan fingerprint density at radius 2 is 2.23 bits per heavy atom. The first-order valence-corrected chi connectivity index (χ1v) is 11.7. The number of nitrogen functional groups attached to an aromatic ring is 1. The molecule has 0 spiro atoms. The lowest BCUT2D eigenvalue weighted by Gasteiger charge is -2.49. The summed E-state index contributed by atoms with van der Waals surface area (Å²) in [5.41, 5.74) is 5.68. The van der Waals surface area contributed by atoms with Crippen LogP contribution in [0.4, 0.5) is 5.13 Å². The molecule has 160 valence electrons. The molecule has 2 aliphatic heterocycles. The van der Waals surface area contributed by atoms with Gasteiger partial charge in [0.1, 0.15) is 23.7 Å². The van der Waals surface area contributed by atoms with Gasteiger partial charge in [0, 0.05) is 17.3 Å². The summed E-state index contributed by atoms with van der Waals surface area (Å²) in [6.07, 6.45) is 1.58. The van der Waals surface area contributed by atoms with Crippen molar-refractivity contribution in [2.24, 2.45) is 5.16 Å². The van der Waals surface area contributed by atoms with E-state index in [1.807, 2.05) is 0 Å². The molecule has 1 aromatic rings. The van der Waals surface area contributed by atoms with Gasteiger partial charge in [0.05, 0.1) is 3.39 Å². The predicted octanol–water partition coefficient (Wildman–Crippen LogP) is 1.23. The Morgan fingerprint density at radius 1 is 1.50 bits per heavy atom. The SMILES string of the molecule is CCON=C(C(=O)NC1C(=O)N2C(C(=O)O)=C(C=C(Br)Br)CS[C@H]12)c1nsc(N)n1. The summed E-state index contributed by atoms with van der Waals surface area (Å²) in [4.78, 5) is 47.2. The summed E-state index contributed by atoms with van der Waals surface area (Å²) in [5, 5.41) is 15.5. The highest BCUT2D eigenvalue weighted by molar-refractivity contribution is 9.28. The second-order valence-electron chi connectivity index (χ2n) is 5.79. The Labute approximate surface area is 195 Å². The number of rotatable bonds is 7. The number of carboxylic acid groups (broad SMARTS) is 1. The zero-order valence-electron chi connectivity index (χ0n) is 15.2. The van der Waals surface area contributed by atoms with E-state index in [1.165, 1.54) is 11.8 Å². The number of allylic oxidation sites excluding steroid dienone is 1. The maximum absolute atomic E-state index is 12.7. The summed E-state index contributed by atoms with van der Waals surface area (Å²) >= 11 is 8.61. The molecular weight excluding hydrogens is 568 g/mol. The molecule has 2 atom stereocenters. The number of fused-ring (bicyclic) bond motifs is 1. The predicted molar refractivity (Wildman–Crippen MR) is 118 cm³/mol. The number of aromatic nitrogens is 2. The van der Waals surface area contributed by atoms with Crippen molar-refractivity contribution in [3.8, 4) is 0 Å². The fraction of sp³-hybridized carbons (Fsp3) is 0.333. The second-order valence-corrected chi connectivity index (χ2v) is 10.4. The van der Waals surface area contributed by atoms with Gasteiger partial charge in [-0.2, -0.15) is 9.36 Å². The second kappa shape index (κ2) is 9.45. The van der Waals surface area contributed by atoms with Gasteiger partial charge in [0.15, 0.2) is 5.13 Å². The van der Waals surface area contributed by atoms with E-state index in [0.29, 0.717) is 14.7 Å². The van der Waals surface area contributed by atoms with Gasteiger partial charge < -0.3 is 21.0 Å².